The van der Waals surface area contributed by atoms with Crippen LogP contribution in [0.2, 0.25) is 0 Å². The van der Waals surface area contributed by atoms with E-state index in [0.29, 0.717) is 39.2 Å². The first-order valence-corrected chi connectivity index (χ1v) is 7.84. The zero-order valence-electron chi connectivity index (χ0n) is 13.1. The molecule has 1 heterocycles. The van der Waals surface area contributed by atoms with Crippen molar-refractivity contribution < 1.29 is 19.1 Å². The smallest absolute Gasteiger partial charge is 0.312 e. The zero-order chi connectivity index (χ0) is 15.7. The fraction of sp³-hybridized carbons (Fsp3) is 0.800. The van der Waals surface area contributed by atoms with E-state index >= 15 is 0 Å². The molecule has 0 atom stereocenters. The summed E-state index contributed by atoms with van der Waals surface area (Å²) < 4.78 is 4.85. The minimum absolute atomic E-state index is 0.170. The molecule has 1 aliphatic heterocycles. The Bertz CT molecular complexity index is 371. The number of hydrogen-bond donors (Lipinski definition) is 0. The van der Waals surface area contributed by atoms with Crippen LogP contribution < -0.4 is 0 Å². The summed E-state index contributed by atoms with van der Waals surface area (Å²) >= 11 is 0. The van der Waals surface area contributed by atoms with Crippen LogP contribution in [0.5, 0.6) is 0 Å². The largest absolute Gasteiger partial charge is 0.466 e. The maximum absolute atomic E-state index is 11.9. The lowest BCUT2D eigenvalue weighted by molar-refractivity contribution is -0.156. The molecule has 0 unspecified atom stereocenters. The Morgan fingerprint density at radius 1 is 1.00 bits per heavy atom. The molecule has 2 amide bonds. The lowest BCUT2D eigenvalue weighted by Crippen LogP contribution is -2.54. The Morgan fingerprint density at radius 3 is 2.19 bits per heavy atom. The molecule has 0 aromatic carbocycles. The maximum atomic E-state index is 11.9. The van der Waals surface area contributed by atoms with Gasteiger partial charge >= 0.3 is 17.8 Å². The molecule has 1 saturated heterocycles. The van der Waals surface area contributed by atoms with E-state index in [4.69, 9.17) is 4.74 Å². The summed E-state index contributed by atoms with van der Waals surface area (Å²) in [6.45, 7) is 6.68. The summed E-state index contributed by atoms with van der Waals surface area (Å²) in [5.74, 6) is -0.938. The first kappa shape index (κ1) is 17.5. The van der Waals surface area contributed by atoms with Crippen molar-refractivity contribution in [1.82, 2.24) is 9.80 Å². The van der Waals surface area contributed by atoms with Crippen molar-refractivity contribution in [3.05, 3.63) is 0 Å². The van der Waals surface area contributed by atoms with Gasteiger partial charge in [-0.25, -0.2) is 0 Å². The van der Waals surface area contributed by atoms with Gasteiger partial charge in [0.2, 0.25) is 0 Å². The van der Waals surface area contributed by atoms with Gasteiger partial charge in [-0.1, -0.05) is 13.3 Å². The highest BCUT2D eigenvalue weighted by Crippen LogP contribution is 2.09. The van der Waals surface area contributed by atoms with Crippen molar-refractivity contribution in [2.75, 3.05) is 32.8 Å². The quantitative estimate of drug-likeness (QED) is 0.364. The van der Waals surface area contributed by atoms with E-state index in [1.807, 2.05) is 6.92 Å². The van der Waals surface area contributed by atoms with Crippen LogP contribution in [0.3, 0.4) is 0 Å². The van der Waals surface area contributed by atoms with E-state index in [1.165, 1.54) is 0 Å². The maximum Gasteiger partial charge on any atom is 0.312 e. The lowest BCUT2D eigenvalue weighted by Gasteiger charge is -2.33. The standard InChI is InChI=1S/C15H26N2O4/c1-3-9-16-11-12-17(15(20)14(16)19)10-7-5-6-8-13(18)21-4-2/h3-12H2,1-2H3. The first-order valence-electron chi connectivity index (χ1n) is 7.84. The highest BCUT2D eigenvalue weighted by molar-refractivity contribution is 6.35. The van der Waals surface area contributed by atoms with Gasteiger partial charge in [-0.05, 0) is 26.2 Å². The van der Waals surface area contributed by atoms with Gasteiger partial charge in [0.1, 0.15) is 0 Å². The summed E-state index contributed by atoms with van der Waals surface area (Å²) in [6.07, 6.45) is 3.72. The summed E-state index contributed by atoms with van der Waals surface area (Å²) in [5, 5.41) is 0. The van der Waals surface area contributed by atoms with Crippen LogP contribution in [0.15, 0.2) is 0 Å². The molecule has 0 bridgehead atoms. The van der Waals surface area contributed by atoms with Gasteiger partial charge in [0.15, 0.2) is 0 Å². The zero-order valence-corrected chi connectivity index (χ0v) is 13.1. The summed E-state index contributed by atoms with van der Waals surface area (Å²) in [4.78, 5) is 38.2. The van der Waals surface area contributed by atoms with Gasteiger partial charge in [-0.3, -0.25) is 14.4 Å². The van der Waals surface area contributed by atoms with Gasteiger partial charge in [0.05, 0.1) is 6.61 Å². The van der Waals surface area contributed by atoms with E-state index in [2.05, 4.69) is 0 Å². The number of rotatable bonds is 9. The Hall–Kier alpha value is -1.59. The molecule has 1 rings (SSSR count). The third-order valence-electron chi connectivity index (χ3n) is 3.50. The van der Waals surface area contributed by atoms with Crippen LogP contribution in [0.25, 0.3) is 0 Å². The van der Waals surface area contributed by atoms with Gasteiger partial charge in [0.25, 0.3) is 0 Å². The number of carbonyl (C=O) groups is 3. The molecule has 120 valence electrons. The van der Waals surface area contributed by atoms with Gasteiger partial charge in [-0.15, -0.1) is 0 Å². The number of unbranched alkanes of at least 4 members (excludes halogenated alkanes) is 2. The molecule has 0 spiro atoms. The van der Waals surface area contributed by atoms with Crippen LogP contribution in [0.4, 0.5) is 0 Å². The topological polar surface area (TPSA) is 66.9 Å². The predicted molar refractivity (Wildman–Crippen MR) is 78.6 cm³/mol. The Morgan fingerprint density at radius 2 is 1.62 bits per heavy atom. The first-order chi connectivity index (χ1) is 10.1. The van der Waals surface area contributed by atoms with Crippen LogP contribution in [0, 0.1) is 0 Å². The van der Waals surface area contributed by atoms with Crippen molar-refractivity contribution in [2.45, 2.75) is 46.0 Å². The van der Waals surface area contributed by atoms with Crippen molar-refractivity contribution >= 4 is 17.8 Å². The Labute approximate surface area is 126 Å². The van der Waals surface area contributed by atoms with Crippen molar-refractivity contribution in [2.24, 2.45) is 0 Å². The second-order valence-electron chi connectivity index (χ2n) is 5.20. The van der Waals surface area contributed by atoms with E-state index in [1.54, 1.807) is 16.7 Å². The van der Waals surface area contributed by atoms with E-state index in [0.717, 1.165) is 25.7 Å². The van der Waals surface area contributed by atoms with Crippen LogP contribution in [0.1, 0.15) is 46.0 Å². The molecule has 1 fully saturated rings. The van der Waals surface area contributed by atoms with Gasteiger partial charge < -0.3 is 14.5 Å². The Kier molecular flexibility index (Phi) is 7.79. The van der Waals surface area contributed by atoms with Crippen LogP contribution >= 0.6 is 0 Å². The molecule has 0 saturated carbocycles. The van der Waals surface area contributed by atoms with Gasteiger partial charge in [0, 0.05) is 32.6 Å². The van der Waals surface area contributed by atoms with E-state index in [-0.39, 0.29) is 17.8 Å². The average molecular weight is 298 g/mol. The summed E-state index contributed by atoms with van der Waals surface area (Å²) in [5.41, 5.74) is 0. The second-order valence-corrected chi connectivity index (χ2v) is 5.20. The summed E-state index contributed by atoms with van der Waals surface area (Å²) in [6, 6.07) is 0. The molecule has 0 aromatic rings. The molecular weight excluding hydrogens is 272 g/mol. The molecule has 6 heteroatoms. The minimum atomic E-state index is -0.389. The number of carbonyl (C=O) groups excluding carboxylic acids is 3. The van der Waals surface area contributed by atoms with Gasteiger partial charge in [-0.2, -0.15) is 0 Å². The SMILES string of the molecule is CCCN1CCN(CCCCCC(=O)OCC)C(=O)C1=O. The Balaban J connectivity index is 2.20. The number of amides is 2. The third kappa shape index (κ3) is 5.73. The average Bonchev–Trinajstić information content (AvgIpc) is 2.46. The monoisotopic (exact) mass is 298 g/mol. The minimum Gasteiger partial charge on any atom is -0.466 e. The highest BCUT2D eigenvalue weighted by atomic mass is 16.5. The molecule has 0 aromatic heterocycles. The van der Waals surface area contributed by atoms with Crippen LogP contribution in [-0.2, 0) is 19.1 Å². The van der Waals surface area contributed by atoms with E-state index < -0.39 is 0 Å². The number of nitrogens with zero attached hydrogens (tertiary/aromatic N) is 2. The fourth-order valence-electron chi connectivity index (χ4n) is 2.39. The van der Waals surface area contributed by atoms with E-state index in [9.17, 15) is 14.4 Å². The second kappa shape index (κ2) is 9.37. The lowest BCUT2D eigenvalue weighted by atomic mass is 10.1. The fourth-order valence-corrected chi connectivity index (χ4v) is 2.39. The number of ether oxygens (including phenoxy) is 1. The summed E-state index contributed by atoms with van der Waals surface area (Å²) in [7, 11) is 0. The van der Waals surface area contributed by atoms with Crippen molar-refractivity contribution in [3.63, 3.8) is 0 Å². The molecule has 0 aliphatic carbocycles. The van der Waals surface area contributed by atoms with Crippen LogP contribution in [-0.4, -0.2) is 60.4 Å². The normalized spacial score (nSPS) is 15.5. The number of piperazine rings is 1. The molecule has 21 heavy (non-hydrogen) atoms. The molecular formula is C15H26N2O4. The molecule has 0 radical (unpaired) electrons. The number of esters is 1. The van der Waals surface area contributed by atoms with Crippen molar-refractivity contribution in [3.8, 4) is 0 Å². The highest BCUT2D eigenvalue weighted by Gasteiger charge is 2.31. The molecule has 6 nitrogen and oxygen atoms in total. The molecule has 1 aliphatic rings. The molecule has 0 N–H and O–H groups in total. The van der Waals surface area contributed by atoms with Crippen molar-refractivity contribution in [1.29, 1.82) is 0 Å². The number of hydrogen-bond acceptors (Lipinski definition) is 4. The predicted octanol–water partition coefficient (Wildman–Crippen LogP) is 1.19. The third-order valence-corrected chi connectivity index (χ3v) is 3.50.